The van der Waals surface area contributed by atoms with E-state index in [2.05, 4.69) is 19.9 Å². The van der Waals surface area contributed by atoms with Crippen LogP contribution in [0.15, 0.2) is 41.8 Å². The summed E-state index contributed by atoms with van der Waals surface area (Å²) in [6, 6.07) is 9.98. The lowest BCUT2D eigenvalue weighted by Gasteiger charge is -2.42. The Balaban J connectivity index is 1.05. The van der Waals surface area contributed by atoms with Crippen LogP contribution in [0.3, 0.4) is 0 Å². The molecule has 0 atom stereocenters. The second kappa shape index (κ2) is 10.7. The van der Waals surface area contributed by atoms with Gasteiger partial charge < -0.3 is 24.8 Å². The number of halogens is 3. The van der Waals surface area contributed by atoms with Gasteiger partial charge in [0.05, 0.1) is 16.6 Å². The van der Waals surface area contributed by atoms with Crippen molar-refractivity contribution in [2.45, 2.75) is 50.6 Å². The number of aromatic nitrogens is 1. The van der Waals surface area contributed by atoms with Gasteiger partial charge in [-0.2, -0.15) is 0 Å². The minimum atomic E-state index is -4.76. The number of fused-ring (bicyclic) bond motifs is 1. The number of thiophene rings is 1. The zero-order valence-corrected chi connectivity index (χ0v) is 21.0. The van der Waals surface area contributed by atoms with Crippen molar-refractivity contribution < 1.29 is 27.5 Å². The van der Waals surface area contributed by atoms with Crippen LogP contribution in [-0.2, 0) is 11.2 Å². The van der Waals surface area contributed by atoms with Crippen molar-refractivity contribution in [3.05, 3.63) is 53.0 Å². The fraction of sp³-hybridized carbons (Fsp3) is 0.462. The number of nitrogens with zero attached hydrogens (tertiary/aromatic N) is 2. The van der Waals surface area contributed by atoms with E-state index >= 15 is 0 Å². The van der Waals surface area contributed by atoms with Gasteiger partial charge in [-0.25, -0.2) is 0 Å². The molecule has 0 radical (unpaired) electrons. The molecule has 2 aliphatic heterocycles. The Bertz CT molecular complexity index is 1210. The molecular weight excluding hydrogens is 505 g/mol. The van der Waals surface area contributed by atoms with Crippen LogP contribution in [0.1, 0.15) is 41.7 Å². The predicted molar refractivity (Wildman–Crippen MR) is 135 cm³/mol. The fourth-order valence-electron chi connectivity index (χ4n) is 5.26. The van der Waals surface area contributed by atoms with Crippen molar-refractivity contribution in [3.8, 4) is 5.75 Å². The molecule has 2 aromatic heterocycles. The molecule has 0 bridgehead atoms. The number of hydrogen-bond donors (Lipinski definition) is 2. The maximum absolute atomic E-state index is 12.8. The van der Waals surface area contributed by atoms with Gasteiger partial charge in [-0.3, -0.25) is 9.59 Å². The van der Waals surface area contributed by atoms with Crippen molar-refractivity contribution in [1.29, 1.82) is 0 Å². The summed E-state index contributed by atoms with van der Waals surface area (Å²) in [6.45, 7) is 3.05. The van der Waals surface area contributed by atoms with Crippen LogP contribution in [0.25, 0.3) is 10.2 Å². The largest absolute Gasteiger partial charge is 0.573 e. The second-order valence-corrected chi connectivity index (χ2v) is 10.6. The van der Waals surface area contributed by atoms with Crippen LogP contribution >= 0.6 is 11.3 Å². The quantitative estimate of drug-likeness (QED) is 0.486. The maximum atomic E-state index is 12.8. The Kier molecular flexibility index (Phi) is 7.43. The van der Waals surface area contributed by atoms with Crippen LogP contribution in [0, 0.1) is 0 Å². The van der Waals surface area contributed by atoms with Crippen LogP contribution in [-0.4, -0.2) is 71.2 Å². The smallest absolute Gasteiger partial charge is 0.406 e. The van der Waals surface area contributed by atoms with Gasteiger partial charge >= 0.3 is 6.36 Å². The molecule has 2 fully saturated rings. The molecule has 11 heteroatoms. The highest BCUT2D eigenvalue weighted by Gasteiger charge is 2.32. The first-order chi connectivity index (χ1) is 17.7. The van der Waals surface area contributed by atoms with E-state index in [1.165, 1.54) is 18.2 Å². The highest BCUT2D eigenvalue weighted by molar-refractivity contribution is 7.17. The van der Waals surface area contributed by atoms with Crippen molar-refractivity contribution in [2.75, 3.05) is 26.2 Å². The van der Waals surface area contributed by atoms with Gasteiger partial charge in [0.25, 0.3) is 5.91 Å². The molecule has 5 rings (SSSR count). The zero-order chi connectivity index (χ0) is 26.0. The summed E-state index contributed by atoms with van der Waals surface area (Å²) in [7, 11) is 0. The lowest BCUT2D eigenvalue weighted by molar-refractivity contribution is -0.274. The molecule has 0 aliphatic carbocycles. The number of carbonyl (C=O) groups is 2. The number of benzene rings is 1. The molecule has 0 spiro atoms. The minimum absolute atomic E-state index is 0.0452. The molecule has 2 N–H and O–H groups in total. The second-order valence-electron chi connectivity index (χ2n) is 9.65. The third-order valence-corrected chi connectivity index (χ3v) is 8.03. The lowest BCUT2D eigenvalue weighted by atomic mass is 9.97. The number of alkyl halides is 3. The molecule has 198 valence electrons. The molecule has 0 unspecified atom stereocenters. The summed E-state index contributed by atoms with van der Waals surface area (Å²) in [6.07, 6.45) is -1.22. The number of amides is 2. The van der Waals surface area contributed by atoms with Crippen LogP contribution in [0.2, 0.25) is 0 Å². The average molecular weight is 535 g/mol. The molecule has 4 heterocycles. The van der Waals surface area contributed by atoms with E-state index in [0.717, 1.165) is 49.0 Å². The average Bonchev–Trinajstić information content (AvgIpc) is 3.47. The fourth-order valence-corrected chi connectivity index (χ4v) is 6.04. The van der Waals surface area contributed by atoms with Crippen LogP contribution in [0.4, 0.5) is 13.2 Å². The van der Waals surface area contributed by atoms with E-state index < -0.39 is 6.36 Å². The Morgan fingerprint density at radius 2 is 1.81 bits per heavy atom. The highest BCUT2D eigenvalue weighted by Crippen LogP contribution is 2.26. The monoisotopic (exact) mass is 534 g/mol. The van der Waals surface area contributed by atoms with Crippen molar-refractivity contribution in [3.63, 3.8) is 0 Å². The number of aromatic amines is 1. The Morgan fingerprint density at radius 1 is 1.05 bits per heavy atom. The molecule has 2 amide bonds. The van der Waals surface area contributed by atoms with E-state index in [4.69, 9.17) is 0 Å². The SMILES string of the molecule is O=C(NC1CCN(C2CCN(C(=O)Cc3cccc(OC(F)(F)F)c3)CC2)CC1)c1cc2sccc2[nH]1. The number of rotatable bonds is 6. The zero-order valence-electron chi connectivity index (χ0n) is 20.2. The van der Waals surface area contributed by atoms with E-state index in [0.29, 0.717) is 30.4 Å². The molecule has 1 aromatic carbocycles. The summed E-state index contributed by atoms with van der Waals surface area (Å²) >= 11 is 1.61. The van der Waals surface area contributed by atoms with Gasteiger partial charge in [0.2, 0.25) is 5.91 Å². The Labute approximate surface area is 216 Å². The van der Waals surface area contributed by atoms with Crippen molar-refractivity contribution >= 4 is 33.4 Å². The summed E-state index contributed by atoms with van der Waals surface area (Å²) in [5, 5.41) is 5.15. The summed E-state index contributed by atoms with van der Waals surface area (Å²) in [5.74, 6) is -0.471. The first-order valence-corrected chi connectivity index (χ1v) is 13.3. The van der Waals surface area contributed by atoms with E-state index in [9.17, 15) is 22.8 Å². The molecule has 2 aliphatic rings. The molecule has 2 saturated heterocycles. The highest BCUT2D eigenvalue weighted by atomic mass is 32.1. The third-order valence-electron chi connectivity index (χ3n) is 7.17. The van der Waals surface area contributed by atoms with E-state index in [-0.39, 0.29) is 30.0 Å². The van der Waals surface area contributed by atoms with Gasteiger partial charge in [-0.1, -0.05) is 12.1 Å². The summed E-state index contributed by atoms with van der Waals surface area (Å²) in [5.41, 5.74) is 2.08. The molecular formula is C26H29F3N4O3S. The molecule has 3 aromatic rings. The van der Waals surface area contributed by atoms with Gasteiger partial charge in [-0.05, 0) is 60.9 Å². The first kappa shape index (κ1) is 25.6. The van der Waals surface area contributed by atoms with Gasteiger partial charge in [0, 0.05) is 38.3 Å². The number of likely N-dealkylation sites (tertiary alicyclic amines) is 2. The summed E-state index contributed by atoms with van der Waals surface area (Å²) in [4.78, 5) is 32.8. The van der Waals surface area contributed by atoms with Crippen molar-refractivity contribution in [1.82, 2.24) is 20.1 Å². The number of ether oxygens (including phenoxy) is 1. The first-order valence-electron chi connectivity index (χ1n) is 12.5. The topological polar surface area (TPSA) is 77.7 Å². The normalized spacial score (nSPS) is 18.3. The molecule has 37 heavy (non-hydrogen) atoms. The number of nitrogens with one attached hydrogen (secondary N) is 2. The Morgan fingerprint density at radius 3 is 2.51 bits per heavy atom. The van der Waals surface area contributed by atoms with Crippen molar-refractivity contribution in [2.24, 2.45) is 0 Å². The standard InChI is InChI=1S/C26H29F3N4O3S/c27-26(28,29)36-20-3-1-2-17(14-20)15-24(34)33-11-6-19(7-12-33)32-9-4-18(5-10-32)30-25(35)22-16-23-21(31-22)8-13-37-23/h1-3,8,13-14,16,18-19,31H,4-7,9-12,15H2,(H,30,35). The van der Waals surface area contributed by atoms with Gasteiger partial charge in [0.1, 0.15) is 11.4 Å². The number of H-pyrrole nitrogens is 1. The Hall–Kier alpha value is -3.05. The van der Waals surface area contributed by atoms with E-state index in [1.54, 1.807) is 22.3 Å². The number of hydrogen-bond acceptors (Lipinski definition) is 5. The minimum Gasteiger partial charge on any atom is -0.406 e. The molecule has 0 saturated carbocycles. The number of carbonyl (C=O) groups excluding carboxylic acids is 2. The predicted octanol–water partition coefficient (Wildman–Crippen LogP) is 4.56. The van der Waals surface area contributed by atoms with Gasteiger partial charge in [-0.15, -0.1) is 24.5 Å². The number of piperidine rings is 2. The van der Waals surface area contributed by atoms with Gasteiger partial charge in [0.15, 0.2) is 0 Å². The van der Waals surface area contributed by atoms with Crippen LogP contribution < -0.4 is 10.1 Å². The maximum Gasteiger partial charge on any atom is 0.573 e. The lowest BCUT2D eigenvalue weighted by Crippen LogP contribution is -2.52. The summed E-state index contributed by atoms with van der Waals surface area (Å²) < 4.78 is 42.4. The van der Waals surface area contributed by atoms with E-state index in [1.807, 2.05) is 17.5 Å². The van der Waals surface area contributed by atoms with Crippen LogP contribution in [0.5, 0.6) is 5.75 Å². The molecule has 7 nitrogen and oxygen atoms in total. The third kappa shape index (κ3) is 6.45.